The number of carbonyl (C=O) groups is 2. The van der Waals surface area contributed by atoms with Crippen LogP contribution in [0, 0.1) is 0 Å². The molecule has 0 saturated heterocycles. The third-order valence-corrected chi connectivity index (χ3v) is 3.53. The SMILES string of the molecule is CCCCCCCC(=O)N(N)C(=O)CCCCCCC. The van der Waals surface area contributed by atoms with Crippen molar-refractivity contribution in [2.75, 3.05) is 0 Å². The molecule has 0 fully saturated rings. The van der Waals surface area contributed by atoms with Crippen molar-refractivity contribution in [1.29, 1.82) is 0 Å². The van der Waals surface area contributed by atoms with Gasteiger partial charge in [0.05, 0.1) is 0 Å². The zero-order valence-corrected chi connectivity index (χ0v) is 13.3. The topological polar surface area (TPSA) is 63.4 Å². The number of imide groups is 1. The van der Waals surface area contributed by atoms with Gasteiger partial charge in [0.15, 0.2) is 0 Å². The molecule has 0 saturated carbocycles. The monoisotopic (exact) mass is 284 g/mol. The normalized spacial score (nSPS) is 10.6. The Morgan fingerprint density at radius 2 is 1.05 bits per heavy atom. The summed E-state index contributed by atoms with van der Waals surface area (Å²) in [5.74, 6) is 5.10. The van der Waals surface area contributed by atoms with Crippen LogP contribution in [0.5, 0.6) is 0 Å². The predicted octanol–water partition coefficient (Wildman–Crippen LogP) is 3.94. The van der Waals surface area contributed by atoms with Crippen molar-refractivity contribution in [3.8, 4) is 0 Å². The first-order valence-electron chi connectivity index (χ1n) is 8.23. The Kier molecular flexibility index (Phi) is 12.5. The van der Waals surface area contributed by atoms with Crippen molar-refractivity contribution in [3.05, 3.63) is 0 Å². The summed E-state index contributed by atoms with van der Waals surface area (Å²) in [5, 5.41) is 0.833. The quantitative estimate of drug-likeness (QED) is 0.255. The van der Waals surface area contributed by atoms with E-state index in [0.29, 0.717) is 12.8 Å². The maximum atomic E-state index is 11.7. The Hall–Kier alpha value is -0.900. The van der Waals surface area contributed by atoms with E-state index in [1.807, 2.05) is 0 Å². The van der Waals surface area contributed by atoms with Crippen molar-refractivity contribution in [2.24, 2.45) is 5.84 Å². The van der Waals surface area contributed by atoms with Gasteiger partial charge in [0.25, 0.3) is 0 Å². The average Bonchev–Trinajstić information content (AvgIpc) is 2.45. The van der Waals surface area contributed by atoms with E-state index in [9.17, 15) is 9.59 Å². The van der Waals surface area contributed by atoms with E-state index in [2.05, 4.69) is 13.8 Å². The summed E-state index contributed by atoms with van der Waals surface area (Å²) in [5.41, 5.74) is 0. The van der Waals surface area contributed by atoms with Gasteiger partial charge in [-0.25, -0.2) is 10.9 Å². The molecule has 0 unspecified atom stereocenters. The Balaban J connectivity index is 3.67. The summed E-state index contributed by atoms with van der Waals surface area (Å²) in [6, 6.07) is 0. The van der Waals surface area contributed by atoms with E-state index in [4.69, 9.17) is 5.84 Å². The van der Waals surface area contributed by atoms with Gasteiger partial charge in [-0.15, -0.1) is 0 Å². The van der Waals surface area contributed by atoms with E-state index in [-0.39, 0.29) is 11.8 Å². The highest BCUT2D eigenvalue weighted by atomic mass is 16.2. The first-order valence-corrected chi connectivity index (χ1v) is 8.23. The average molecular weight is 284 g/mol. The Labute approximate surface area is 124 Å². The number of hydrogen-bond acceptors (Lipinski definition) is 3. The Morgan fingerprint density at radius 3 is 1.40 bits per heavy atom. The molecule has 2 amide bonds. The number of nitrogens with two attached hydrogens (primary N) is 1. The molecule has 0 aliphatic carbocycles. The second kappa shape index (κ2) is 13.1. The molecule has 0 aromatic rings. The molecule has 0 radical (unpaired) electrons. The molecule has 2 N–H and O–H groups in total. The van der Waals surface area contributed by atoms with Crippen molar-refractivity contribution >= 4 is 11.8 Å². The van der Waals surface area contributed by atoms with E-state index < -0.39 is 0 Å². The van der Waals surface area contributed by atoms with E-state index in [0.717, 1.165) is 43.5 Å². The third-order valence-electron chi connectivity index (χ3n) is 3.53. The molecular weight excluding hydrogens is 252 g/mol. The lowest BCUT2D eigenvalue weighted by Crippen LogP contribution is -2.42. The number of amides is 2. The fourth-order valence-electron chi connectivity index (χ4n) is 2.14. The number of nitrogens with zero attached hydrogens (tertiary/aromatic N) is 1. The van der Waals surface area contributed by atoms with Gasteiger partial charge in [0, 0.05) is 12.8 Å². The number of unbranched alkanes of at least 4 members (excludes halogenated alkanes) is 8. The molecule has 0 rings (SSSR count). The summed E-state index contributed by atoms with van der Waals surface area (Å²) in [6.45, 7) is 4.32. The lowest BCUT2D eigenvalue weighted by Gasteiger charge is -2.14. The van der Waals surface area contributed by atoms with Gasteiger partial charge in [0.1, 0.15) is 0 Å². The number of hydrogen-bond donors (Lipinski definition) is 1. The summed E-state index contributed by atoms with van der Waals surface area (Å²) in [4.78, 5) is 23.5. The minimum atomic E-state index is -0.236. The van der Waals surface area contributed by atoms with Gasteiger partial charge in [-0.05, 0) is 12.8 Å². The summed E-state index contributed by atoms with van der Waals surface area (Å²) in [7, 11) is 0. The highest BCUT2D eigenvalue weighted by molar-refractivity contribution is 5.94. The van der Waals surface area contributed by atoms with Gasteiger partial charge in [0.2, 0.25) is 11.8 Å². The fourth-order valence-corrected chi connectivity index (χ4v) is 2.14. The minimum absolute atomic E-state index is 0.236. The van der Waals surface area contributed by atoms with E-state index in [1.54, 1.807) is 0 Å². The zero-order valence-electron chi connectivity index (χ0n) is 13.3. The van der Waals surface area contributed by atoms with Crippen LogP contribution < -0.4 is 5.84 Å². The summed E-state index contributed by atoms with van der Waals surface area (Å²) in [6.07, 6.45) is 11.6. The highest BCUT2D eigenvalue weighted by Crippen LogP contribution is 2.08. The second-order valence-corrected chi connectivity index (χ2v) is 5.49. The van der Waals surface area contributed by atoms with Gasteiger partial charge in [-0.2, -0.15) is 0 Å². The molecule has 0 atom stereocenters. The first kappa shape index (κ1) is 19.1. The first-order chi connectivity index (χ1) is 9.63. The van der Waals surface area contributed by atoms with Crippen molar-refractivity contribution in [1.82, 2.24) is 5.01 Å². The highest BCUT2D eigenvalue weighted by Gasteiger charge is 2.16. The van der Waals surface area contributed by atoms with Crippen LogP contribution in [-0.2, 0) is 9.59 Å². The van der Waals surface area contributed by atoms with Crippen LogP contribution >= 0.6 is 0 Å². The van der Waals surface area contributed by atoms with Crippen LogP contribution in [-0.4, -0.2) is 16.8 Å². The van der Waals surface area contributed by atoms with Gasteiger partial charge in [-0.3, -0.25) is 9.59 Å². The molecule has 118 valence electrons. The lowest BCUT2D eigenvalue weighted by atomic mass is 10.1. The molecule has 20 heavy (non-hydrogen) atoms. The van der Waals surface area contributed by atoms with Gasteiger partial charge < -0.3 is 0 Å². The lowest BCUT2D eigenvalue weighted by molar-refractivity contribution is -0.145. The minimum Gasteiger partial charge on any atom is -0.273 e. The second-order valence-electron chi connectivity index (χ2n) is 5.49. The molecular formula is C16H32N2O2. The predicted molar refractivity (Wildman–Crippen MR) is 82.8 cm³/mol. The van der Waals surface area contributed by atoms with Crippen LogP contribution in [0.2, 0.25) is 0 Å². The van der Waals surface area contributed by atoms with Crippen LogP contribution in [0.15, 0.2) is 0 Å². The van der Waals surface area contributed by atoms with Crippen molar-refractivity contribution in [3.63, 3.8) is 0 Å². The van der Waals surface area contributed by atoms with Crippen molar-refractivity contribution < 1.29 is 9.59 Å². The Morgan fingerprint density at radius 1 is 0.700 bits per heavy atom. The number of hydrazine groups is 1. The maximum Gasteiger partial charge on any atom is 0.243 e. The van der Waals surface area contributed by atoms with E-state index in [1.165, 1.54) is 25.7 Å². The molecule has 0 aromatic heterocycles. The maximum absolute atomic E-state index is 11.7. The van der Waals surface area contributed by atoms with E-state index >= 15 is 0 Å². The molecule has 4 nitrogen and oxygen atoms in total. The molecule has 0 aliphatic heterocycles. The standard InChI is InChI=1S/C16H32N2O2/c1-3-5-7-9-11-13-15(19)18(17)16(20)14-12-10-8-6-4-2/h3-14,17H2,1-2H3. The number of carbonyl (C=O) groups excluding carboxylic acids is 2. The van der Waals surface area contributed by atoms with Crippen LogP contribution in [0.3, 0.4) is 0 Å². The molecule has 0 aliphatic rings. The van der Waals surface area contributed by atoms with Crippen LogP contribution in [0.25, 0.3) is 0 Å². The summed E-state index contributed by atoms with van der Waals surface area (Å²) < 4.78 is 0. The third kappa shape index (κ3) is 9.96. The zero-order chi connectivity index (χ0) is 15.2. The molecule has 0 aromatic carbocycles. The number of rotatable bonds is 12. The largest absolute Gasteiger partial charge is 0.273 e. The van der Waals surface area contributed by atoms with Crippen molar-refractivity contribution in [2.45, 2.75) is 90.9 Å². The smallest absolute Gasteiger partial charge is 0.243 e. The Bertz CT molecular complexity index is 241. The summed E-state index contributed by atoms with van der Waals surface area (Å²) >= 11 is 0. The van der Waals surface area contributed by atoms with Crippen LogP contribution in [0.1, 0.15) is 90.9 Å². The molecule has 0 heterocycles. The van der Waals surface area contributed by atoms with Crippen LogP contribution in [0.4, 0.5) is 0 Å². The fraction of sp³-hybridized carbons (Fsp3) is 0.875. The van der Waals surface area contributed by atoms with Gasteiger partial charge in [-0.1, -0.05) is 65.2 Å². The molecule has 4 heteroatoms. The van der Waals surface area contributed by atoms with Gasteiger partial charge >= 0.3 is 0 Å². The molecule has 0 bridgehead atoms. The molecule has 0 spiro atoms.